The lowest BCUT2D eigenvalue weighted by Crippen LogP contribution is -2.29. The van der Waals surface area contributed by atoms with Gasteiger partial charge < -0.3 is 10.2 Å². The molecule has 1 aliphatic rings. The molecule has 1 saturated heterocycles. The Morgan fingerprint density at radius 2 is 1.68 bits per heavy atom. The second-order valence-electron chi connectivity index (χ2n) is 7.73. The van der Waals surface area contributed by atoms with Crippen molar-refractivity contribution in [1.29, 1.82) is 0 Å². The van der Waals surface area contributed by atoms with Crippen LogP contribution in [-0.4, -0.2) is 24.0 Å². The first-order chi connectivity index (χ1) is 11.9. The second kappa shape index (κ2) is 7.26. The van der Waals surface area contributed by atoms with E-state index in [0.717, 1.165) is 24.5 Å². The van der Waals surface area contributed by atoms with Crippen molar-refractivity contribution in [2.75, 3.05) is 23.3 Å². The van der Waals surface area contributed by atoms with Crippen LogP contribution in [0, 0.1) is 0 Å². The molecule has 0 bridgehead atoms. The molecule has 0 saturated carbocycles. The summed E-state index contributed by atoms with van der Waals surface area (Å²) >= 11 is 0. The minimum Gasteiger partial charge on any atom is -0.370 e. The number of carbonyl (C=O) groups excluding carboxylic acids is 1. The summed E-state index contributed by atoms with van der Waals surface area (Å²) in [5.41, 5.74) is 3.69. The average Bonchev–Trinajstić information content (AvgIpc) is 2.62. The molecule has 0 aliphatic carbocycles. The predicted octanol–water partition coefficient (Wildman–Crippen LogP) is 4.62. The minimum absolute atomic E-state index is 0.106. The van der Waals surface area contributed by atoms with Crippen molar-refractivity contribution in [3.05, 3.63) is 53.9 Å². The molecule has 3 rings (SSSR count). The van der Waals surface area contributed by atoms with Gasteiger partial charge >= 0.3 is 0 Å². The Bertz CT molecular complexity index is 708. The Kier molecular flexibility index (Phi) is 5.07. The second-order valence-corrected chi connectivity index (χ2v) is 7.73. The van der Waals surface area contributed by atoms with E-state index < -0.39 is 0 Å². The predicted molar refractivity (Wildman–Crippen MR) is 103 cm³/mol. The van der Waals surface area contributed by atoms with Crippen LogP contribution in [0.1, 0.15) is 56.1 Å². The number of benzene rings is 1. The third kappa shape index (κ3) is 4.38. The molecule has 1 N–H and O–H groups in total. The smallest absolute Gasteiger partial charge is 0.274 e. The molecule has 2 heterocycles. The first kappa shape index (κ1) is 17.5. The molecule has 0 spiro atoms. The molecular formula is C21H27N3O. The van der Waals surface area contributed by atoms with Crippen LogP contribution in [0.25, 0.3) is 0 Å². The molecule has 2 aromatic rings. The Balaban J connectivity index is 1.64. The molecular weight excluding hydrogens is 310 g/mol. The van der Waals surface area contributed by atoms with E-state index in [-0.39, 0.29) is 11.3 Å². The number of amides is 1. The lowest BCUT2D eigenvalue weighted by molar-refractivity contribution is 0.102. The zero-order valence-corrected chi connectivity index (χ0v) is 15.4. The molecule has 1 aromatic heterocycles. The third-order valence-electron chi connectivity index (χ3n) is 4.71. The van der Waals surface area contributed by atoms with Crippen LogP contribution < -0.4 is 10.2 Å². The van der Waals surface area contributed by atoms with Crippen LogP contribution in [0.2, 0.25) is 0 Å². The highest BCUT2D eigenvalue weighted by Gasteiger charge is 2.15. The first-order valence-corrected chi connectivity index (χ1v) is 9.06. The first-order valence-electron chi connectivity index (χ1n) is 9.06. The fourth-order valence-corrected chi connectivity index (χ4v) is 3.11. The molecule has 1 fully saturated rings. The van der Waals surface area contributed by atoms with Crippen molar-refractivity contribution in [3.8, 4) is 0 Å². The number of anilines is 2. The number of hydrogen-bond donors (Lipinski definition) is 1. The van der Waals surface area contributed by atoms with Crippen LogP contribution >= 0.6 is 0 Å². The summed E-state index contributed by atoms with van der Waals surface area (Å²) in [7, 11) is 0. The Morgan fingerprint density at radius 1 is 1.00 bits per heavy atom. The molecule has 0 unspecified atom stereocenters. The maximum Gasteiger partial charge on any atom is 0.274 e. The average molecular weight is 337 g/mol. The number of nitrogens with one attached hydrogen (secondary N) is 1. The van der Waals surface area contributed by atoms with Crippen LogP contribution in [0.5, 0.6) is 0 Å². The maximum atomic E-state index is 12.4. The van der Waals surface area contributed by atoms with Gasteiger partial charge in [-0.3, -0.25) is 4.79 Å². The van der Waals surface area contributed by atoms with Crippen LogP contribution in [0.4, 0.5) is 11.4 Å². The zero-order valence-electron chi connectivity index (χ0n) is 15.4. The highest BCUT2D eigenvalue weighted by Crippen LogP contribution is 2.24. The van der Waals surface area contributed by atoms with Crippen molar-refractivity contribution in [3.63, 3.8) is 0 Å². The van der Waals surface area contributed by atoms with Gasteiger partial charge in [-0.25, -0.2) is 4.98 Å². The van der Waals surface area contributed by atoms with E-state index in [1.807, 2.05) is 30.5 Å². The van der Waals surface area contributed by atoms with Gasteiger partial charge in [-0.05, 0) is 54.5 Å². The van der Waals surface area contributed by atoms with E-state index in [1.165, 1.54) is 24.8 Å². The van der Waals surface area contributed by atoms with E-state index in [1.54, 1.807) is 0 Å². The quantitative estimate of drug-likeness (QED) is 0.889. The molecule has 25 heavy (non-hydrogen) atoms. The van der Waals surface area contributed by atoms with E-state index in [4.69, 9.17) is 0 Å². The molecule has 132 valence electrons. The fourth-order valence-electron chi connectivity index (χ4n) is 3.11. The fraction of sp³-hybridized carbons (Fsp3) is 0.429. The summed E-state index contributed by atoms with van der Waals surface area (Å²) in [6.45, 7) is 8.68. The largest absolute Gasteiger partial charge is 0.370 e. The summed E-state index contributed by atoms with van der Waals surface area (Å²) in [5.74, 6) is -0.172. The van der Waals surface area contributed by atoms with Crippen molar-refractivity contribution in [2.24, 2.45) is 0 Å². The topological polar surface area (TPSA) is 45.2 Å². The molecule has 1 aromatic carbocycles. The monoisotopic (exact) mass is 337 g/mol. The van der Waals surface area contributed by atoms with E-state index in [9.17, 15) is 4.79 Å². The summed E-state index contributed by atoms with van der Waals surface area (Å²) < 4.78 is 0. The van der Waals surface area contributed by atoms with Gasteiger partial charge in [-0.15, -0.1) is 0 Å². The van der Waals surface area contributed by atoms with Gasteiger partial charge in [0.15, 0.2) is 0 Å². The Hall–Kier alpha value is -2.36. The van der Waals surface area contributed by atoms with E-state index in [2.05, 4.69) is 48.1 Å². The highest BCUT2D eigenvalue weighted by atomic mass is 16.1. The zero-order chi connectivity index (χ0) is 17.9. The lowest BCUT2D eigenvalue weighted by atomic mass is 9.87. The molecule has 0 atom stereocenters. The van der Waals surface area contributed by atoms with Crippen molar-refractivity contribution < 1.29 is 4.79 Å². The number of rotatable bonds is 3. The van der Waals surface area contributed by atoms with E-state index >= 15 is 0 Å². The number of piperidine rings is 1. The lowest BCUT2D eigenvalue weighted by Gasteiger charge is -2.28. The van der Waals surface area contributed by atoms with Crippen molar-refractivity contribution in [1.82, 2.24) is 4.98 Å². The third-order valence-corrected chi connectivity index (χ3v) is 4.71. The van der Waals surface area contributed by atoms with E-state index in [0.29, 0.717) is 5.69 Å². The Morgan fingerprint density at radius 3 is 2.24 bits per heavy atom. The number of aromatic nitrogens is 1. The molecule has 1 amide bonds. The van der Waals surface area contributed by atoms with Crippen LogP contribution in [0.15, 0.2) is 42.6 Å². The van der Waals surface area contributed by atoms with Crippen LogP contribution in [-0.2, 0) is 5.41 Å². The molecule has 0 radical (unpaired) electrons. The van der Waals surface area contributed by atoms with Crippen molar-refractivity contribution in [2.45, 2.75) is 45.4 Å². The Labute approximate surface area is 150 Å². The number of nitrogens with zero attached hydrogens (tertiary/aromatic N) is 2. The number of pyridine rings is 1. The number of carbonyl (C=O) groups is 1. The standard InChI is InChI=1S/C21H27N3O/c1-21(2,3)16-7-9-17(10-8-16)23-20(25)19-12-11-18(15-22-19)24-13-5-4-6-14-24/h7-12,15H,4-6,13-14H2,1-3H3,(H,23,25). The van der Waals surface area contributed by atoms with Gasteiger partial charge in [-0.1, -0.05) is 32.9 Å². The van der Waals surface area contributed by atoms with Gasteiger partial charge in [0, 0.05) is 18.8 Å². The summed E-state index contributed by atoms with van der Waals surface area (Å²) in [5, 5.41) is 2.92. The summed E-state index contributed by atoms with van der Waals surface area (Å²) in [4.78, 5) is 19.1. The number of hydrogen-bond acceptors (Lipinski definition) is 3. The van der Waals surface area contributed by atoms with Crippen molar-refractivity contribution >= 4 is 17.3 Å². The maximum absolute atomic E-state index is 12.4. The van der Waals surface area contributed by atoms with Gasteiger partial charge in [0.1, 0.15) is 5.69 Å². The van der Waals surface area contributed by atoms with Gasteiger partial charge in [0.2, 0.25) is 0 Å². The SMILES string of the molecule is CC(C)(C)c1ccc(NC(=O)c2ccc(N3CCCCC3)cn2)cc1. The molecule has 1 aliphatic heterocycles. The van der Waals surface area contributed by atoms with Gasteiger partial charge in [-0.2, -0.15) is 0 Å². The van der Waals surface area contributed by atoms with Gasteiger partial charge in [0.25, 0.3) is 5.91 Å². The van der Waals surface area contributed by atoms with Gasteiger partial charge in [0.05, 0.1) is 11.9 Å². The normalized spacial score (nSPS) is 15.1. The highest BCUT2D eigenvalue weighted by molar-refractivity contribution is 6.02. The molecule has 4 nitrogen and oxygen atoms in total. The van der Waals surface area contributed by atoms with Crippen LogP contribution in [0.3, 0.4) is 0 Å². The summed E-state index contributed by atoms with van der Waals surface area (Å²) in [6, 6.07) is 11.8. The summed E-state index contributed by atoms with van der Waals surface area (Å²) in [6.07, 6.45) is 5.57. The molecule has 4 heteroatoms. The minimum atomic E-state index is -0.172.